The van der Waals surface area contributed by atoms with Crippen molar-refractivity contribution < 1.29 is 27.8 Å². The van der Waals surface area contributed by atoms with E-state index in [1.54, 1.807) is 18.2 Å². The number of carbonyl (C=O) groups is 1. The molecule has 3 aromatic carbocycles. The van der Waals surface area contributed by atoms with Gasteiger partial charge < -0.3 is 14.2 Å². The van der Waals surface area contributed by atoms with Crippen LogP contribution in [0.15, 0.2) is 66.7 Å². The Morgan fingerprint density at radius 1 is 0.975 bits per heavy atom. The van der Waals surface area contributed by atoms with Crippen LogP contribution in [-0.2, 0) is 16.1 Å². The van der Waals surface area contributed by atoms with Crippen LogP contribution in [0.5, 0.6) is 11.5 Å². The van der Waals surface area contributed by atoms with Crippen LogP contribution in [0.4, 0.5) is 8.78 Å². The Balaban J connectivity index is 1.39. The predicted molar refractivity (Wildman–Crippen MR) is 152 cm³/mol. The Bertz CT molecular complexity index is 1330. The van der Waals surface area contributed by atoms with Crippen molar-refractivity contribution >= 4 is 5.97 Å². The van der Waals surface area contributed by atoms with Gasteiger partial charge in [-0.1, -0.05) is 62.7 Å². The molecule has 6 heteroatoms. The highest BCUT2D eigenvalue weighted by Gasteiger charge is 2.37. The minimum absolute atomic E-state index is 0.136. The standard InChI is InChI=1S/C34H38F2O4/c1-34(2)16-6-11-31(34)30-17-22(12-15-28(30)24-7-5-10-27(19-24)40-33(35)36)21-39-26-9-4-8-25(18-26)29(23-13-14-23)20-32(37)38-3/h4-5,7-10,12,15,17-19,23,29,31,33H,6,11,13-14,16,20-21H2,1-3H3/t29?,31-/m1/s1. The summed E-state index contributed by atoms with van der Waals surface area (Å²) in [5.74, 6) is 1.77. The zero-order chi connectivity index (χ0) is 28.3. The number of alkyl halides is 2. The average Bonchev–Trinajstić information content (AvgIpc) is 3.72. The van der Waals surface area contributed by atoms with E-state index in [2.05, 4.69) is 48.9 Å². The summed E-state index contributed by atoms with van der Waals surface area (Å²) in [5.41, 5.74) is 5.43. The Labute approximate surface area is 235 Å². The Morgan fingerprint density at radius 2 is 1.75 bits per heavy atom. The number of hydrogen-bond acceptors (Lipinski definition) is 4. The van der Waals surface area contributed by atoms with Crippen molar-refractivity contribution in [1.82, 2.24) is 0 Å². The third-order valence-corrected chi connectivity index (χ3v) is 8.62. The third kappa shape index (κ3) is 6.65. The van der Waals surface area contributed by atoms with Crippen molar-refractivity contribution in [2.45, 2.75) is 77.4 Å². The van der Waals surface area contributed by atoms with E-state index in [1.807, 2.05) is 18.2 Å². The molecule has 2 saturated carbocycles. The van der Waals surface area contributed by atoms with Gasteiger partial charge in [0.15, 0.2) is 0 Å². The molecule has 4 nitrogen and oxygen atoms in total. The van der Waals surface area contributed by atoms with Crippen LogP contribution < -0.4 is 9.47 Å². The van der Waals surface area contributed by atoms with Gasteiger partial charge in [0, 0.05) is 0 Å². The molecular formula is C34H38F2O4. The van der Waals surface area contributed by atoms with Gasteiger partial charge in [0.1, 0.15) is 18.1 Å². The van der Waals surface area contributed by atoms with Crippen molar-refractivity contribution in [3.8, 4) is 22.6 Å². The molecule has 212 valence electrons. The molecule has 2 aliphatic rings. The van der Waals surface area contributed by atoms with Crippen molar-refractivity contribution in [3.05, 3.63) is 83.4 Å². The molecule has 0 aliphatic heterocycles. The number of carbonyl (C=O) groups excluding carboxylic acids is 1. The molecule has 2 fully saturated rings. The second-order valence-electron chi connectivity index (χ2n) is 11.8. The fraction of sp³-hybridized carbons (Fsp3) is 0.441. The molecule has 0 aromatic heterocycles. The molecule has 2 aliphatic carbocycles. The monoisotopic (exact) mass is 548 g/mol. The van der Waals surface area contributed by atoms with Gasteiger partial charge in [0.25, 0.3) is 0 Å². The molecule has 1 unspecified atom stereocenters. The first kappa shape index (κ1) is 28.1. The van der Waals surface area contributed by atoms with E-state index in [1.165, 1.54) is 12.7 Å². The normalized spacial score (nSPS) is 18.9. The Hall–Kier alpha value is -3.41. The van der Waals surface area contributed by atoms with Gasteiger partial charge in [-0.3, -0.25) is 4.79 Å². The number of methoxy groups -OCH3 is 1. The third-order valence-electron chi connectivity index (χ3n) is 8.62. The highest BCUT2D eigenvalue weighted by Crippen LogP contribution is 2.51. The van der Waals surface area contributed by atoms with Gasteiger partial charge in [-0.15, -0.1) is 0 Å². The maximum absolute atomic E-state index is 12.9. The van der Waals surface area contributed by atoms with Gasteiger partial charge in [0.2, 0.25) is 0 Å². The zero-order valence-corrected chi connectivity index (χ0v) is 23.5. The molecule has 0 spiro atoms. The predicted octanol–water partition coefficient (Wildman–Crippen LogP) is 8.88. The van der Waals surface area contributed by atoms with E-state index >= 15 is 0 Å². The van der Waals surface area contributed by atoms with Crippen LogP contribution in [0.25, 0.3) is 11.1 Å². The lowest BCUT2D eigenvalue weighted by Gasteiger charge is -2.30. The Morgan fingerprint density at radius 3 is 2.45 bits per heavy atom. The number of benzene rings is 3. The number of hydrogen-bond donors (Lipinski definition) is 0. The summed E-state index contributed by atoms with van der Waals surface area (Å²) >= 11 is 0. The summed E-state index contributed by atoms with van der Waals surface area (Å²) in [4.78, 5) is 12.0. The molecule has 0 heterocycles. The lowest BCUT2D eigenvalue weighted by molar-refractivity contribution is -0.141. The minimum Gasteiger partial charge on any atom is -0.489 e. The molecule has 0 saturated heterocycles. The van der Waals surface area contributed by atoms with Gasteiger partial charge in [-0.2, -0.15) is 8.78 Å². The van der Waals surface area contributed by atoms with Crippen LogP contribution in [-0.4, -0.2) is 19.7 Å². The summed E-state index contributed by atoms with van der Waals surface area (Å²) in [6.45, 7) is 2.17. The quantitative estimate of drug-likeness (QED) is 0.225. The number of ether oxygens (including phenoxy) is 3. The highest BCUT2D eigenvalue weighted by atomic mass is 19.3. The fourth-order valence-corrected chi connectivity index (χ4v) is 6.32. The number of esters is 1. The number of halogens is 2. The summed E-state index contributed by atoms with van der Waals surface area (Å²) in [6.07, 6.45) is 6.05. The summed E-state index contributed by atoms with van der Waals surface area (Å²) in [5, 5.41) is 0. The second-order valence-corrected chi connectivity index (χ2v) is 11.8. The SMILES string of the molecule is COC(=O)CC(c1cccc(OCc2ccc(-c3cccc(OC(F)F)c3)c([C@H]3CCCC3(C)C)c2)c1)C1CC1. The molecular weight excluding hydrogens is 510 g/mol. The van der Waals surface area contributed by atoms with Crippen molar-refractivity contribution in [2.24, 2.45) is 11.3 Å². The fourth-order valence-electron chi connectivity index (χ4n) is 6.32. The molecule has 0 N–H and O–H groups in total. The van der Waals surface area contributed by atoms with E-state index < -0.39 is 6.61 Å². The zero-order valence-electron chi connectivity index (χ0n) is 23.5. The molecule has 0 radical (unpaired) electrons. The van der Waals surface area contributed by atoms with Gasteiger partial charge in [-0.25, -0.2) is 0 Å². The lowest BCUT2D eigenvalue weighted by Crippen LogP contribution is -2.16. The smallest absolute Gasteiger partial charge is 0.387 e. The van der Waals surface area contributed by atoms with Crippen LogP contribution in [0.3, 0.4) is 0 Å². The Kier molecular flexibility index (Phi) is 8.43. The molecule has 0 amide bonds. The first-order valence-corrected chi connectivity index (χ1v) is 14.2. The van der Waals surface area contributed by atoms with E-state index in [9.17, 15) is 13.6 Å². The lowest BCUT2D eigenvalue weighted by atomic mass is 9.75. The maximum Gasteiger partial charge on any atom is 0.387 e. The van der Waals surface area contributed by atoms with Crippen LogP contribution in [0, 0.1) is 11.3 Å². The molecule has 5 rings (SSSR count). The molecule has 40 heavy (non-hydrogen) atoms. The van der Waals surface area contributed by atoms with E-state index in [0.717, 1.165) is 60.1 Å². The largest absolute Gasteiger partial charge is 0.489 e. The van der Waals surface area contributed by atoms with Crippen molar-refractivity contribution in [2.75, 3.05) is 7.11 Å². The van der Waals surface area contributed by atoms with E-state index in [0.29, 0.717) is 24.9 Å². The minimum atomic E-state index is -2.86. The van der Waals surface area contributed by atoms with Crippen molar-refractivity contribution in [1.29, 1.82) is 0 Å². The maximum atomic E-state index is 12.9. The second kappa shape index (κ2) is 12.0. The van der Waals surface area contributed by atoms with E-state index in [-0.39, 0.29) is 23.1 Å². The number of rotatable bonds is 11. The average molecular weight is 549 g/mol. The van der Waals surface area contributed by atoms with Gasteiger partial charge in [0.05, 0.1) is 13.5 Å². The summed E-state index contributed by atoms with van der Waals surface area (Å²) < 4.78 is 41.7. The first-order chi connectivity index (χ1) is 19.2. The summed E-state index contributed by atoms with van der Waals surface area (Å²) in [7, 11) is 1.44. The van der Waals surface area contributed by atoms with Crippen LogP contribution >= 0.6 is 0 Å². The highest BCUT2D eigenvalue weighted by molar-refractivity contribution is 5.71. The van der Waals surface area contributed by atoms with Crippen LogP contribution in [0.2, 0.25) is 0 Å². The van der Waals surface area contributed by atoms with Gasteiger partial charge in [-0.05, 0) is 101 Å². The topological polar surface area (TPSA) is 44.8 Å². The van der Waals surface area contributed by atoms with E-state index in [4.69, 9.17) is 9.47 Å². The summed E-state index contributed by atoms with van der Waals surface area (Å²) in [6, 6.07) is 21.4. The molecule has 3 aromatic rings. The molecule has 0 bridgehead atoms. The first-order valence-electron chi connectivity index (χ1n) is 14.2. The molecule has 2 atom stereocenters. The van der Waals surface area contributed by atoms with Crippen molar-refractivity contribution in [3.63, 3.8) is 0 Å². The van der Waals surface area contributed by atoms with Gasteiger partial charge >= 0.3 is 12.6 Å². The van der Waals surface area contributed by atoms with Crippen LogP contribution in [0.1, 0.15) is 80.9 Å².